The maximum atomic E-state index is 13.5. The molecular weight excluding hydrogens is 291 g/mol. The largest absolute Gasteiger partial charge is 0.481 e. The first-order chi connectivity index (χ1) is 10.5. The summed E-state index contributed by atoms with van der Waals surface area (Å²) in [5.74, 6) is -0.931. The molecule has 0 unspecified atom stereocenters. The van der Waals surface area contributed by atoms with Crippen molar-refractivity contribution in [1.82, 2.24) is 9.97 Å². The van der Waals surface area contributed by atoms with Gasteiger partial charge in [-0.1, -0.05) is 0 Å². The van der Waals surface area contributed by atoms with Gasteiger partial charge in [0.1, 0.15) is 0 Å². The molecule has 0 aromatic carbocycles. The molecular formula is C14H21FN4O3. The first-order valence-electron chi connectivity index (χ1n) is 7.20. The van der Waals surface area contributed by atoms with Gasteiger partial charge in [-0.2, -0.15) is 4.98 Å². The number of aromatic nitrogens is 2. The third-order valence-electron chi connectivity index (χ3n) is 4.07. The molecule has 0 amide bonds. The Morgan fingerprint density at radius 3 is 3.05 bits per heavy atom. The highest BCUT2D eigenvalue weighted by Crippen LogP contribution is 2.35. The van der Waals surface area contributed by atoms with Gasteiger partial charge >= 0.3 is 5.97 Å². The van der Waals surface area contributed by atoms with Crippen molar-refractivity contribution in [1.29, 1.82) is 0 Å². The molecule has 7 nitrogen and oxygen atoms in total. The summed E-state index contributed by atoms with van der Waals surface area (Å²) >= 11 is 0. The summed E-state index contributed by atoms with van der Waals surface area (Å²) in [6.45, 7) is 1.32. The highest BCUT2D eigenvalue weighted by molar-refractivity contribution is 5.76. The van der Waals surface area contributed by atoms with E-state index in [9.17, 15) is 14.3 Å². The van der Waals surface area contributed by atoms with E-state index in [1.54, 1.807) is 19.1 Å². The van der Waals surface area contributed by atoms with Crippen molar-refractivity contribution in [2.75, 3.05) is 44.1 Å². The van der Waals surface area contributed by atoms with E-state index in [0.717, 1.165) is 6.20 Å². The summed E-state index contributed by atoms with van der Waals surface area (Å²) in [4.78, 5) is 21.7. The summed E-state index contributed by atoms with van der Waals surface area (Å²) in [5, 5.41) is 12.3. The standard InChI is InChI=1S/C14H21FN4O3/c1-16-11-10(15)8-17-13(18-11)19-6-3-4-14(9-19,12(20)21)5-7-22-2/h8H,3-7,9H2,1-2H3,(H,20,21)(H,16,17,18)/t14-/m1/s1. The maximum Gasteiger partial charge on any atom is 0.311 e. The molecule has 1 fully saturated rings. The minimum atomic E-state index is -0.883. The van der Waals surface area contributed by atoms with Gasteiger partial charge < -0.3 is 20.1 Å². The second-order valence-corrected chi connectivity index (χ2v) is 5.47. The summed E-state index contributed by atoms with van der Waals surface area (Å²) in [5.41, 5.74) is -0.883. The van der Waals surface area contributed by atoms with Crippen molar-refractivity contribution in [3.05, 3.63) is 12.0 Å². The van der Waals surface area contributed by atoms with E-state index in [1.165, 1.54) is 0 Å². The van der Waals surface area contributed by atoms with E-state index in [0.29, 0.717) is 44.9 Å². The average molecular weight is 312 g/mol. The number of piperidine rings is 1. The molecule has 0 aliphatic carbocycles. The Balaban J connectivity index is 2.23. The fourth-order valence-electron chi connectivity index (χ4n) is 2.77. The minimum absolute atomic E-state index is 0.105. The van der Waals surface area contributed by atoms with Gasteiger partial charge in [0, 0.05) is 33.9 Å². The van der Waals surface area contributed by atoms with Crippen LogP contribution in [0, 0.1) is 11.2 Å². The van der Waals surface area contributed by atoms with Crippen LogP contribution < -0.4 is 10.2 Å². The predicted molar refractivity (Wildman–Crippen MR) is 79.5 cm³/mol. The molecule has 0 bridgehead atoms. The topological polar surface area (TPSA) is 87.6 Å². The van der Waals surface area contributed by atoms with Crippen LogP contribution in [0.3, 0.4) is 0 Å². The highest BCUT2D eigenvalue weighted by atomic mass is 19.1. The van der Waals surface area contributed by atoms with Crippen LogP contribution in [0.5, 0.6) is 0 Å². The molecule has 1 aromatic heterocycles. The number of halogens is 1. The molecule has 0 saturated carbocycles. The van der Waals surface area contributed by atoms with Gasteiger partial charge in [-0.05, 0) is 19.3 Å². The van der Waals surface area contributed by atoms with Gasteiger partial charge in [-0.25, -0.2) is 9.37 Å². The smallest absolute Gasteiger partial charge is 0.311 e. The second-order valence-electron chi connectivity index (χ2n) is 5.47. The first-order valence-corrected chi connectivity index (χ1v) is 7.20. The average Bonchev–Trinajstić information content (AvgIpc) is 2.53. The molecule has 8 heteroatoms. The highest BCUT2D eigenvalue weighted by Gasteiger charge is 2.42. The lowest BCUT2D eigenvalue weighted by Gasteiger charge is -2.39. The Bertz CT molecular complexity index is 543. The minimum Gasteiger partial charge on any atom is -0.481 e. The molecule has 0 radical (unpaired) electrons. The Kier molecular flexibility index (Phi) is 5.12. The number of nitrogens with one attached hydrogen (secondary N) is 1. The Hall–Kier alpha value is -1.96. The fourth-order valence-corrected chi connectivity index (χ4v) is 2.77. The van der Waals surface area contributed by atoms with Crippen LogP contribution in [0.15, 0.2) is 6.20 Å². The Morgan fingerprint density at radius 1 is 1.64 bits per heavy atom. The molecule has 1 aromatic rings. The van der Waals surface area contributed by atoms with Gasteiger partial charge in [0.05, 0.1) is 11.6 Å². The monoisotopic (exact) mass is 312 g/mol. The van der Waals surface area contributed by atoms with Crippen LogP contribution in [0.2, 0.25) is 0 Å². The number of aliphatic carboxylic acids is 1. The number of anilines is 2. The number of rotatable bonds is 6. The normalized spacial score (nSPS) is 21.7. The molecule has 2 heterocycles. The number of carboxylic acids is 1. The van der Waals surface area contributed by atoms with E-state index >= 15 is 0 Å². The van der Waals surface area contributed by atoms with Crippen molar-refractivity contribution < 1.29 is 19.0 Å². The molecule has 22 heavy (non-hydrogen) atoms. The maximum absolute atomic E-state index is 13.5. The third-order valence-corrected chi connectivity index (χ3v) is 4.07. The fraction of sp³-hybridized carbons (Fsp3) is 0.643. The van der Waals surface area contributed by atoms with Crippen molar-refractivity contribution in [3.8, 4) is 0 Å². The first kappa shape index (κ1) is 16.4. The predicted octanol–water partition coefficient (Wildman–Crippen LogP) is 1.37. The summed E-state index contributed by atoms with van der Waals surface area (Å²) < 4.78 is 18.5. The number of hydrogen-bond donors (Lipinski definition) is 2. The number of hydrogen-bond acceptors (Lipinski definition) is 6. The lowest BCUT2D eigenvalue weighted by Crippen LogP contribution is -2.49. The van der Waals surface area contributed by atoms with Crippen molar-refractivity contribution in [2.24, 2.45) is 5.41 Å². The third kappa shape index (κ3) is 3.27. The number of carbonyl (C=O) groups is 1. The zero-order chi connectivity index (χ0) is 16.2. The molecule has 2 N–H and O–H groups in total. The Labute approximate surface area is 128 Å². The van der Waals surface area contributed by atoms with E-state index in [-0.39, 0.29) is 5.82 Å². The molecule has 1 atom stereocenters. The zero-order valence-electron chi connectivity index (χ0n) is 12.8. The zero-order valence-corrected chi connectivity index (χ0v) is 12.8. The SMILES string of the molecule is CNc1nc(N2CCC[C@](CCOC)(C(=O)O)C2)ncc1F. The van der Waals surface area contributed by atoms with Gasteiger partial charge in [0.15, 0.2) is 11.6 Å². The molecule has 1 saturated heterocycles. The van der Waals surface area contributed by atoms with Crippen LogP contribution in [0.25, 0.3) is 0 Å². The van der Waals surface area contributed by atoms with Crippen molar-refractivity contribution >= 4 is 17.7 Å². The lowest BCUT2D eigenvalue weighted by molar-refractivity contribution is -0.150. The van der Waals surface area contributed by atoms with Crippen LogP contribution >= 0.6 is 0 Å². The van der Waals surface area contributed by atoms with E-state index < -0.39 is 17.2 Å². The van der Waals surface area contributed by atoms with Gasteiger partial charge in [0.25, 0.3) is 0 Å². The Morgan fingerprint density at radius 2 is 2.41 bits per heavy atom. The van der Waals surface area contributed by atoms with Gasteiger partial charge in [0.2, 0.25) is 5.95 Å². The van der Waals surface area contributed by atoms with Crippen LogP contribution in [0.4, 0.5) is 16.2 Å². The number of nitrogens with zero attached hydrogens (tertiary/aromatic N) is 3. The van der Waals surface area contributed by atoms with Crippen molar-refractivity contribution in [2.45, 2.75) is 19.3 Å². The van der Waals surface area contributed by atoms with E-state index in [2.05, 4.69) is 15.3 Å². The number of ether oxygens (including phenoxy) is 1. The van der Waals surface area contributed by atoms with Crippen LogP contribution in [-0.4, -0.2) is 54.9 Å². The molecule has 2 rings (SSSR count). The summed E-state index contributed by atoms with van der Waals surface area (Å²) in [6.07, 6.45) is 2.82. The molecule has 122 valence electrons. The van der Waals surface area contributed by atoms with E-state index in [4.69, 9.17) is 4.74 Å². The van der Waals surface area contributed by atoms with Gasteiger partial charge in [-0.3, -0.25) is 4.79 Å². The number of methoxy groups -OCH3 is 1. The summed E-state index contributed by atoms with van der Waals surface area (Å²) in [7, 11) is 3.13. The molecule has 1 aliphatic rings. The van der Waals surface area contributed by atoms with Crippen molar-refractivity contribution in [3.63, 3.8) is 0 Å². The van der Waals surface area contributed by atoms with Crippen LogP contribution in [-0.2, 0) is 9.53 Å². The van der Waals surface area contributed by atoms with Crippen LogP contribution in [0.1, 0.15) is 19.3 Å². The second kappa shape index (κ2) is 6.87. The molecule has 1 aliphatic heterocycles. The quantitative estimate of drug-likeness (QED) is 0.820. The number of carboxylic acid groups (broad SMARTS) is 1. The summed E-state index contributed by atoms with van der Waals surface area (Å²) in [6, 6.07) is 0. The van der Waals surface area contributed by atoms with E-state index in [1.807, 2.05) is 0 Å². The van der Waals surface area contributed by atoms with Gasteiger partial charge in [-0.15, -0.1) is 0 Å². The molecule has 0 spiro atoms. The lowest BCUT2D eigenvalue weighted by atomic mass is 9.77.